The molecule has 1 aromatic rings. The quantitative estimate of drug-likeness (QED) is 0.775. The van der Waals surface area contributed by atoms with Crippen LogP contribution in [0, 0.1) is 0 Å². The summed E-state index contributed by atoms with van der Waals surface area (Å²) in [5, 5.41) is 0.977. The van der Waals surface area contributed by atoms with Crippen LogP contribution in [0.15, 0.2) is 28.0 Å². The molecule has 1 amide bonds. The predicted molar refractivity (Wildman–Crippen MR) is 81.7 cm³/mol. The Morgan fingerprint density at radius 2 is 2.00 bits per heavy atom. The molecule has 1 N–H and O–H groups in total. The summed E-state index contributed by atoms with van der Waals surface area (Å²) < 4.78 is 42.0. The van der Waals surface area contributed by atoms with Gasteiger partial charge in [0.1, 0.15) is 10.5 Å². The maximum absolute atomic E-state index is 12.2. The lowest BCUT2D eigenvalue weighted by atomic mass is 10.2. The van der Waals surface area contributed by atoms with Gasteiger partial charge in [-0.2, -0.15) is 8.42 Å². The fourth-order valence-electron chi connectivity index (χ4n) is 1.59. The Balaban J connectivity index is 3.22. The molecule has 130 valence electrons. The molecule has 0 aliphatic carbocycles. The van der Waals surface area contributed by atoms with Crippen LogP contribution in [0.5, 0.6) is 0 Å². The number of methoxy groups -OCH3 is 1. The van der Waals surface area contributed by atoms with E-state index < -0.39 is 32.3 Å². The molecule has 23 heavy (non-hydrogen) atoms. The van der Waals surface area contributed by atoms with Crippen LogP contribution >= 0.6 is 0 Å². The Morgan fingerprint density at radius 3 is 2.43 bits per heavy atom. The summed E-state index contributed by atoms with van der Waals surface area (Å²) in [7, 11) is -3.08. The number of nitrogens with zero attached hydrogens (tertiary/aromatic N) is 2. The third-order valence-electron chi connectivity index (χ3n) is 2.54. The van der Waals surface area contributed by atoms with E-state index in [0.29, 0.717) is 6.07 Å². The Kier molecular flexibility index (Phi) is 5.92. The van der Waals surface area contributed by atoms with Gasteiger partial charge in [-0.1, -0.05) is 0 Å². The lowest BCUT2D eigenvalue weighted by molar-refractivity contribution is 0.0520. The van der Waals surface area contributed by atoms with Gasteiger partial charge in [0.05, 0.1) is 13.2 Å². The Labute approximate surface area is 134 Å². The smallest absolute Gasteiger partial charge is 0.429 e. The summed E-state index contributed by atoms with van der Waals surface area (Å²) in [5.74, 6) is 0. The number of amides is 1. The van der Waals surface area contributed by atoms with Gasteiger partial charge >= 0.3 is 6.09 Å². The molecule has 10 heteroatoms. The zero-order chi connectivity index (χ0) is 17.8. The van der Waals surface area contributed by atoms with E-state index in [1.54, 1.807) is 20.8 Å². The van der Waals surface area contributed by atoms with Gasteiger partial charge in [0, 0.05) is 19.4 Å². The molecule has 0 aliphatic heterocycles. The van der Waals surface area contributed by atoms with Crippen molar-refractivity contribution in [3.8, 4) is 0 Å². The average molecular weight is 348 g/mol. The third kappa shape index (κ3) is 5.66. The standard InChI is InChI=1S/C13H20N2O7S/c1-13(2,3)22-12(17)15(7-8-21-4)14-6-5-10(9-11(14)16)23(18,19)20/h5-6,9H,7-8H2,1-4H3,(H,18,19,20). The zero-order valence-electron chi connectivity index (χ0n) is 13.3. The number of rotatable bonds is 5. The first-order valence-electron chi connectivity index (χ1n) is 6.65. The van der Waals surface area contributed by atoms with Gasteiger partial charge < -0.3 is 9.47 Å². The molecule has 1 heterocycles. The van der Waals surface area contributed by atoms with Crippen LogP contribution in [0.3, 0.4) is 0 Å². The van der Waals surface area contributed by atoms with Crippen molar-refractivity contribution in [1.29, 1.82) is 0 Å². The summed E-state index contributed by atoms with van der Waals surface area (Å²) in [6.07, 6.45) is 0.265. The average Bonchev–Trinajstić information content (AvgIpc) is 2.37. The molecule has 0 spiro atoms. The second-order valence-electron chi connectivity index (χ2n) is 5.62. The van der Waals surface area contributed by atoms with Crippen molar-refractivity contribution in [3.63, 3.8) is 0 Å². The molecule has 0 saturated heterocycles. The van der Waals surface area contributed by atoms with Gasteiger partial charge in [-0.25, -0.2) is 14.5 Å². The van der Waals surface area contributed by atoms with Crippen LogP contribution in [0.1, 0.15) is 20.8 Å². The van der Waals surface area contributed by atoms with Crippen molar-refractivity contribution in [2.75, 3.05) is 25.3 Å². The first-order valence-corrected chi connectivity index (χ1v) is 8.09. The fourth-order valence-corrected chi connectivity index (χ4v) is 2.08. The Morgan fingerprint density at radius 1 is 1.39 bits per heavy atom. The number of aromatic nitrogens is 1. The molecule has 0 atom stereocenters. The van der Waals surface area contributed by atoms with Crippen molar-refractivity contribution in [3.05, 3.63) is 28.7 Å². The van der Waals surface area contributed by atoms with Crippen molar-refractivity contribution in [1.82, 2.24) is 4.68 Å². The molecule has 1 rings (SSSR count). The molecule has 9 nitrogen and oxygen atoms in total. The van der Waals surface area contributed by atoms with E-state index in [0.717, 1.165) is 21.9 Å². The van der Waals surface area contributed by atoms with Crippen LogP contribution in [0.25, 0.3) is 0 Å². The number of hydrogen-bond donors (Lipinski definition) is 1. The molecule has 0 aromatic carbocycles. The molecule has 0 fully saturated rings. The molecule has 0 bridgehead atoms. The third-order valence-corrected chi connectivity index (χ3v) is 3.39. The summed E-state index contributed by atoms with van der Waals surface area (Å²) in [6, 6.07) is 1.71. The van der Waals surface area contributed by atoms with E-state index >= 15 is 0 Å². The van der Waals surface area contributed by atoms with Gasteiger partial charge in [0.25, 0.3) is 15.7 Å². The van der Waals surface area contributed by atoms with Gasteiger partial charge in [-0.3, -0.25) is 9.35 Å². The predicted octanol–water partition coefficient (Wildman–Crippen LogP) is 0.614. The number of hydrogen-bond acceptors (Lipinski definition) is 6. The molecule has 0 aliphatic rings. The van der Waals surface area contributed by atoms with Gasteiger partial charge in [-0.15, -0.1) is 0 Å². The second kappa shape index (κ2) is 7.11. The number of pyridine rings is 1. The highest BCUT2D eigenvalue weighted by molar-refractivity contribution is 7.85. The molecular formula is C13H20N2O7S. The first-order chi connectivity index (χ1) is 10.5. The number of carbonyl (C=O) groups excluding carboxylic acids is 1. The Bertz CT molecular complexity index is 719. The highest BCUT2D eigenvalue weighted by Gasteiger charge is 2.24. The minimum atomic E-state index is -4.51. The van der Waals surface area contributed by atoms with E-state index in [2.05, 4.69) is 0 Å². The maximum Gasteiger partial charge on any atom is 0.429 e. The monoisotopic (exact) mass is 348 g/mol. The lowest BCUT2D eigenvalue weighted by Gasteiger charge is -2.28. The van der Waals surface area contributed by atoms with Gasteiger partial charge in [0.15, 0.2) is 0 Å². The zero-order valence-corrected chi connectivity index (χ0v) is 14.2. The van der Waals surface area contributed by atoms with E-state index in [9.17, 15) is 18.0 Å². The molecule has 0 unspecified atom stereocenters. The van der Waals surface area contributed by atoms with E-state index in [1.807, 2.05) is 0 Å². The summed E-state index contributed by atoms with van der Waals surface area (Å²) in [5.41, 5.74) is -1.59. The van der Waals surface area contributed by atoms with Crippen LogP contribution in [-0.4, -0.2) is 49.6 Å². The van der Waals surface area contributed by atoms with Crippen LogP contribution in [0.2, 0.25) is 0 Å². The molecule has 0 saturated carbocycles. The SMILES string of the molecule is COCCN(C(=O)OC(C)(C)C)n1ccc(S(=O)(=O)O)cc1=O. The minimum Gasteiger partial charge on any atom is -0.442 e. The van der Waals surface area contributed by atoms with Crippen LogP contribution < -0.4 is 10.6 Å². The van der Waals surface area contributed by atoms with Crippen molar-refractivity contribution >= 4 is 16.2 Å². The van der Waals surface area contributed by atoms with Crippen molar-refractivity contribution < 1.29 is 27.2 Å². The maximum atomic E-state index is 12.2. The largest absolute Gasteiger partial charge is 0.442 e. The van der Waals surface area contributed by atoms with Crippen molar-refractivity contribution in [2.24, 2.45) is 0 Å². The van der Waals surface area contributed by atoms with Crippen LogP contribution in [0.4, 0.5) is 4.79 Å². The normalized spacial score (nSPS) is 12.0. The number of ether oxygens (including phenoxy) is 2. The molecule has 1 aromatic heterocycles. The summed E-state index contributed by atoms with van der Waals surface area (Å²) in [4.78, 5) is 23.7. The van der Waals surface area contributed by atoms with E-state index in [4.69, 9.17) is 14.0 Å². The van der Waals surface area contributed by atoms with E-state index in [-0.39, 0.29) is 13.2 Å². The van der Waals surface area contributed by atoms with E-state index in [1.165, 1.54) is 7.11 Å². The minimum absolute atomic E-state index is 0.0105. The highest BCUT2D eigenvalue weighted by Crippen LogP contribution is 2.10. The number of carbonyl (C=O) groups is 1. The van der Waals surface area contributed by atoms with Gasteiger partial charge in [0.2, 0.25) is 0 Å². The summed E-state index contributed by atoms with van der Waals surface area (Å²) >= 11 is 0. The topological polar surface area (TPSA) is 115 Å². The first kappa shape index (κ1) is 19.1. The fraction of sp³-hybridized carbons (Fsp3) is 0.538. The molecule has 0 radical (unpaired) electrons. The molecular weight excluding hydrogens is 328 g/mol. The highest BCUT2D eigenvalue weighted by atomic mass is 32.2. The van der Waals surface area contributed by atoms with Crippen LogP contribution in [-0.2, 0) is 19.6 Å². The Hall–Kier alpha value is -1.91. The lowest BCUT2D eigenvalue weighted by Crippen LogP contribution is -2.49. The van der Waals surface area contributed by atoms with Gasteiger partial charge in [-0.05, 0) is 26.8 Å². The van der Waals surface area contributed by atoms with Crippen molar-refractivity contribution in [2.45, 2.75) is 31.3 Å². The summed E-state index contributed by atoms with van der Waals surface area (Å²) in [6.45, 7) is 5.15. The second-order valence-corrected chi connectivity index (χ2v) is 7.04.